The Bertz CT molecular complexity index is 757. The van der Waals surface area contributed by atoms with E-state index in [1.54, 1.807) is 31.2 Å². The van der Waals surface area contributed by atoms with Gasteiger partial charge in [0.1, 0.15) is 11.5 Å². The highest BCUT2D eigenvalue weighted by Crippen LogP contribution is 2.19. The zero-order chi connectivity index (χ0) is 19.1. The lowest BCUT2D eigenvalue weighted by molar-refractivity contribution is -0.128. The minimum atomic E-state index is -0.766. The van der Waals surface area contributed by atoms with Crippen molar-refractivity contribution in [2.24, 2.45) is 0 Å². The van der Waals surface area contributed by atoms with Crippen LogP contribution in [0.5, 0.6) is 11.5 Å². The maximum Gasteiger partial charge on any atom is 0.279 e. The smallest absolute Gasteiger partial charge is 0.279 e. The summed E-state index contributed by atoms with van der Waals surface area (Å²) in [5, 5.41) is 0. The van der Waals surface area contributed by atoms with Gasteiger partial charge in [0.25, 0.3) is 11.8 Å². The van der Waals surface area contributed by atoms with Crippen LogP contribution in [0.25, 0.3) is 0 Å². The average Bonchev–Trinajstić information content (AvgIpc) is 2.66. The first-order valence-corrected chi connectivity index (χ1v) is 8.42. The monoisotopic (exact) mass is 356 g/mol. The molecule has 0 aliphatic heterocycles. The molecule has 6 nitrogen and oxygen atoms in total. The van der Waals surface area contributed by atoms with Crippen molar-refractivity contribution < 1.29 is 19.1 Å². The fraction of sp³-hybridized carbons (Fsp3) is 0.300. The molecule has 0 aliphatic rings. The zero-order valence-electron chi connectivity index (χ0n) is 15.4. The van der Waals surface area contributed by atoms with Crippen LogP contribution in [-0.2, 0) is 4.79 Å². The second-order valence-electron chi connectivity index (χ2n) is 6.13. The van der Waals surface area contributed by atoms with Crippen molar-refractivity contribution in [1.29, 1.82) is 0 Å². The third-order valence-electron chi connectivity index (χ3n) is 3.88. The van der Waals surface area contributed by atoms with E-state index in [4.69, 9.17) is 9.47 Å². The van der Waals surface area contributed by atoms with Crippen LogP contribution >= 0.6 is 0 Å². The molecule has 0 saturated carbocycles. The number of para-hydroxylation sites is 1. The van der Waals surface area contributed by atoms with E-state index in [0.29, 0.717) is 23.0 Å². The van der Waals surface area contributed by atoms with E-state index in [9.17, 15) is 9.59 Å². The predicted octanol–water partition coefficient (Wildman–Crippen LogP) is 3.05. The second kappa shape index (κ2) is 8.89. The minimum Gasteiger partial charge on any atom is -0.496 e. The van der Waals surface area contributed by atoms with Gasteiger partial charge in [0.15, 0.2) is 6.10 Å². The van der Waals surface area contributed by atoms with Crippen molar-refractivity contribution in [1.82, 2.24) is 10.9 Å². The second-order valence-corrected chi connectivity index (χ2v) is 6.13. The number of benzene rings is 2. The van der Waals surface area contributed by atoms with Crippen LogP contribution in [0, 0.1) is 0 Å². The molecule has 26 heavy (non-hydrogen) atoms. The van der Waals surface area contributed by atoms with Crippen LogP contribution in [0.15, 0.2) is 48.5 Å². The molecule has 0 aromatic heterocycles. The molecule has 0 aliphatic carbocycles. The molecule has 2 rings (SSSR count). The quantitative estimate of drug-likeness (QED) is 0.780. The molecule has 1 atom stereocenters. The van der Waals surface area contributed by atoms with Gasteiger partial charge in [-0.2, -0.15) is 0 Å². The zero-order valence-corrected chi connectivity index (χ0v) is 15.4. The third kappa shape index (κ3) is 4.99. The lowest BCUT2D eigenvalue weighted by Gasteiger charge is -2.16. The van der Waals surface area contributed by atoms with Crippen LogP contribution < -0.4 is 20.3 Å². The van der Waals surface area contributed by atoms with Crippen LogP contribution in [0.1, 0.15) is 42.6 Å². The molecule has 0 radical (unpaired) electrons. The maximum absolute atomic E-state index is 12.2. The molecule has 0 bridgehead atoms. The van der Waals surface area contributed by atoms with Crippen LogP contribution in [0.2, 0.25) is 0 Å². The Morgan fingerprint density at radius 3 is 2.19 bits per heavy atom. The van der Waals surface area contributed by atoms with Gasteiger partial charge in [0.05, 0.1) is 12.7 Å². The number of rotatable bonds is 6. The number of carbonyl (C=O) groups is 2. The number of methoxy groups -OCH3 is 1. The fourth-order valence-corrected chi connectivity index (χ4v) is 2.31. The fourth-order valence-electron chi connectivity index (χ4n) is 2.31. The van der Waals surface area contributed by atoms with Crippen molar-refractivity contribution in [3.05, 3.63) is 59.7 Å². The van der Waals surface area contributed by atoms with E-state index < -0.39 is 17.9 Å². The highest BCUT2D eigenvalue weighted by molar-refractivity contribution is 5.98. The Hall–Kier alpha value is -3.02. The summed E-state index contributed by atoms with van der Waals surface area (Å²) in [6.07, 6.45) is -0.766. The number of hydrazine groups is 1. The van der Waals surface area contributed by atoms with Crippen molar-refractivity contribution in [3.8, 4) is 11.5 Å². The number of carbonyl (C=O) groups excluding carboxylic acids is 2. The van der Waals surface area contributed by atoms with Crippen LogP contribution in [-0.4, -0.2) is 25.0 Å². The first-order valence-electron chi connectivity index (χ1n) is 8.42. The highest BCUT2D eigenvalue weighted by Gasteiger charge is 2.17. The largest absolute Gasteiger partial charge is 0.496 e. The topological polar surface area (TPSA) is 76.7 Å². The molecule has 0 fully saturated rings. The van der Waals surface area contributed by atoms with E-state index >= 15 is 0 Å². The van der Waals surface area contributed by atoms with Crippen LogP contribution in [0.4, 0.5) is 0 Å². The molecule has 2 aromatic rings. The van der Waals surface area contributed by atoms with Crippen molar-refractivity contribution in [3.63, 3.8) is 0 Å². The summed E-state index contributed by atoms with van der Waals surface area (Å²) in [6.45, 7) is 5.83. The lowest BCUT2D eigenvalue weighted by atomic mass is 10.0. The molecule has 2 amide bonds. The first kappa shape index (κ1) is 19.3. The highest BCUT2D eigenvalue weighted by atomic mass is 16.5. The molecule has 6 heteroatoms. The van der Waals surface area contributed by atoms with E-state index in [2.05, 4.69) is 24.7 Å². The number of hydrogen-bond acceptors (Lipinski definition) is 4. The molecule has 2 N–H and O–H groups in total. The Morgan fingerprint density at radius 1 is 0.923 bits per heavy atom. The maximum atomic E-state index is 12.2. The number of ether oxygens (including phenoxy) is 2. The van der Waals surface area contributed by atoms with Gasteiger partial charge in [0.2, 0.25) is 0 Å². The van der Waals surface area contributed by atoms with Gasteiger partial charge in [-0.05, 0) is 42.7 Å². The van der Waals surface area contributed by atoms with Crippen molar-refractivity contribution >= 4 is 11.8 Å². The minimum absolute atomic E-state index is 0.327. The van der Waals surface area contributed by atoms with Gasteiger partial charge in [-0.3, -0.25) is 20.4 Å². The summed E-state index contributed by atoms with van der Waals surface area (Å²) >= 11 is 0. The van der Waals surface area contributed by atoms with Crippen LogP contribution in [0.3, 0.4) is 0 Å². The number of amides is 2. The van der Waals surface area contributed by atoms with E-state index in [-0.39, 0.29) is 0 Å². The summed E-state index contributed by atoms with van der Waals surface area (Å²) < 4.78 is 10.7. The Morgan fingerprint density at radius 2 is 1.58 bits per heavy atom. The van der Waals surface area contributed by atoms with Gasteiger partial charge in [-0.25, -0.2) is 0 Å². The first-order chi connectivity index (χ1) is 12.4. The lowest BCUT2D eigenvalue weighted by Crippen LogP contribution is -2.47. The molecule has 0 spiro atoms. The summed E-state index contributed by atoms with van der Waals surface area (Å²) in [5.41, 5.74) is 6.25. The average molecular weight is 356 g/mol. The van der Waals surface area contributed by atoms with Gasteiger partial charge in [0, 0.05) is 0 Å². The van der Waals surface area contributed by atoms with E-state index in [1.807, 2.05) is 24.3 Å². The Labute approximate surface area is 153 Å². The van der Waals surface area contributed by atoms with Gasteiger partial charge in [-0.15, -0.1) is 0 Å². The molecule has 0 unspecified atom stereocenters. The number of hydrogen-bond donors (Lipinski definition) is 2. The summed E-state index contributed by atoms with van der Waals surface area (Å²) in [6, 6.07) is 14.3. The summed E-state index contributed by atoms with van der Waals surface area (Å²) in [7, 11) is 1.48. The van der Waals surface area contributed by atoms with E-state index in [0.717, 1.165) is 0 Å². The van der Waals surface area contributed by atoms with Crippen molar-refractivity contribution in [2.75, 3.05) is 7.11 Å². The third-order valence-corrected chi connectivity index (χ3v) is 3.88. The van der Waals surface area contributed by atoms with Gasteiger partial charge in [-0.1, -0.05) is 38.1 Å². The number of nitrogens with one attached hydrogen (secondary N) is 2. The summed E-state index contributed by atoms with van der Waals surface area (Å²) in [4.78, 5) is 24.3. The predicted molar refractivity (Wildman–Crippen MR) is 99.2 cm³/mol. The molecule has 0 saturated heterocycles. The molecule has 2 aromatic carbocycles. The van der Waals surface area contributed by atoms with Gasteiger partial charge >= 0.3 is 0 Å². The molecular formula is C20H24N2O4. The Kier molecular flexibility index (Phi) is 6.60. The molecule has 0 heterocycles. The van der Waals surface area contributed by atoms with E-state index in [1.165, 1.54) is 12.7 Å². The molecular weight excluding hydrogens is 332 g/mol. The SMILES string of the molecule is COc1ccccc1C(=O)NNC(=O)[C@H](C)Oc1ccc(C(C)C)cc1. The van der Waals surface area contributed by atoms with Gasteiger partial charge < -0.3 is 9.47 Å². The normalized spacial score (nSPS) is 11.6. The molecule has 138 valence electrons. The summed E-state index contributed by atoms with van der Waals surface area (Å²) in [5.74, 6) is 0.516. The van der Waals surface area contributed by atoms with Crippen molar-refractivity contribution in [2.45, 2.75) is 32.8 Å². The Balaban J connectivity index is 1.89. The standard InChI is InChI=1S/C20H24N2O4/c1-13(2)15-9-11-16(12-10-15)26-14(3)19(23)21-22-20(24)17-7-5-6-8-18(17)25-4/h5-14H,1-4H3,(H,21,23)(H,22,24)/t14-/m0/s1.